The maximum atomic E-state index is 5.43. The Morgan fingerprint density at radius 2 is 2.05 bits per heavy atom. The van der Waals surface area contributed by atoms with Crippen LogP contribution in [-0.2, 0) is 11.3 Å². The summed E-state index contributed by atoms with van der Waals surface area (Å²) in [5.41, 5.74) is 1.19. The smallest absolute Gasteiger partial charge is 0.185 e. The van der Waals surface area contributed by atoms with Gasteiger partial charge in [0.25, 0.3) is 0 Å². The van der Waals surface area contributed by atoms with Crippen molar-refractivity contribution in [1.29, 1.82) is 0 Å². The summed E-state index contributed by atoms with van der Waals surface area (Å²) in [6, 6.07) is 1.35. The van der Waals surface area contributed by atoms with Crippen molar-refractivity contribution in [3.05, 3.63) is 10.6 Å². The fourth-order valence-corrected chi connectivity index (χ4v) is 3.53. The van der Waals surface area contributed by atoms with Crippen molar-refractivity contribution in [3.8, 4) is 0 Å². The Labute approximate surface area is 119 Å². The van der Waals surface area contributed by atoms with Crippen molar-refractivity contribution >= 4 is 16.5 Å². The average Bonchev–Trinajstić information content (AvgIpc) is 3.20. The van der Waals surface area contributed by atoms with Crippen molar-refractivity contribution in [2.45, 2.75) is 51.2 Å². The van der Waals surface area contributed by atoms with Crippen molar-refractivity contribution in [2.75, 3.05) is 25.2 Å². The van der Waals surface area contributed by atoms with Crippen LogP contribution in [0.2, 0.25) is 0 Å². The van der Waals surface area contributed by atoms with Gasteiger partial charge in [0.1, 0.15) is 0 Å². The summed E-state index contributed by atoms with van der Waals surface area (Å²) >= 11 is 1.84. The van der Waals surface area contributed by atoms with Crippen LogP contribution < -0.4 is 10.2 Å². The van der Waals surface area contributed by atoms with Crippen LogP contribution in [0.3, 0.4) is 0 Å². The lowest BCUT2D eigenvalue weighted by molar-refractivity contribution is 0.0855. The van der Waals surface area contributed by atoms with Gasteiger partial charge in [-0.1, -0.05) is 0 Å². The number of aromatic nitrogens is 1. The van der Waals surface area contributed by atoms with Crippen molar-refractivity contribution in [3.63, 3.8) is 0 Å². The number of hydrogen-bond donors (Lipinski definition) is 1. The highest BCUT2D eigenvalue weighted by Crippen LogP contribution is 2.29. The fraction of sp³-hybridized carbons (Fsp3) is 0.786. The van der Waals surface area contributed by atoms with Crippen LogP contribution in [0.5, 0.6) is 0 Å². The summed E-state index contributed by atoms with van der Waals surface area (Å²) in [5, 5.41) is 4.74. The van der Waals surface area contributed by atoms with Gasteiger partial charge in [-0.3, -0.25) is 0 Å². The SMILES string of the molecule is Cc1nc(N(C)C2CCOCC2)sc1CNC1CC1. The minimum atomic E-state index is 0.587. The molecule has 1 aliphatic carbocycles. The molecule has 2 aliphatic rings. The first-order valence-electron chi connectivity index (χ1n) is 7.24. The maximum Gasteiger partial charge on any atom is 0.185 e. The van der Waals surface area contributed by atoms with E-state index in [0.29, 0.717) is 6.04 Å². The molecule has 19 heavy (non-hydrogen) atoms. The van der Waals surface area contributed by atoms with E-state index in [1.165, 1.54) is 23.4 Å². The third kappa shape index (κ3) is 3.27. The van der Waals surface area contributed by atoms with E-state index >= 15 is 0 Å². The van der Waals surface area contributed by atoms with Crippen molar-refractivity contribution in [2.24, 2.45) is 0 Å². The normalized spacial score (nSPS) is 20.7. The van der Waals surface area contributed by atoms with Gasteiger partial charge in [0.2, 0.25) is 0 Å². The quantitative estimate of drug-likeness (QED) is 0.899. The van der Waals surface area contributed by atoms with Gasteiger partial charge < -0.3 is 15.0 Å². The van der Waals surface area contributed by atoms with Crippen LogP contribution in [0.25, 0.3) is 0 Å². The molecule has 4 nitrogen and oxygen atoms in total. The van der Waals surface area contributed by atoms with E-state index in [4.69, 9.17) is 9.72 Å². The molecule has 1 saturated heterocycles. The van der Waals surface area contributed by atoms with Crippen LogP contribution in [-0.4, -0.2) is 37.3 Å². The number of nitrogens with zero attached hydrogens (tertiary/aromatic N) is 2. The first-order chi connectivity index (χ1) is 9.24. The first-order valence-corrected chi connectivity index (χ1v) is 8.06. The second-order valence-electron chi connectivity index (χ2n) is 5.61. The van der Waals surface area contributed by atoms with Gasteiger partial charge in [-0.25, -0.2) is 4.98 Å². The minimum Gasteiger partial charge on any atom is -0.381 e. The number of anilines is 1. The molecule has 1 aromatic heterocycles. The van der Waals surface area contributed by atoms with E-state index in [1.54, 1.807) is 0 Å². The maximum absolute atomic E-state index is 5.43. The Morgan fingerprint density at radius 1 is 1.32 bits per heavy atom. The topological polar surface area (TPSA) is 37.4 Å². The van der Waals surface area contributed by atoms with E-state index in [-0.39, 0.29) is 0 Å². The van der Waals surface area contributed by atoms with Gasteiger partial charge in [0.15, 0.2) is 5.13 Å². The van der Waals surface area contributed by atoms with Gasteiger partial charge in [-0.05, 0) is 32.6 Å². The van der Waals surface area contributed by atoms with E-state index in [1.807, 2.05) is 11.3 Å². The molecule has 1 N–H and O–H groups in total. The summed E-state index contributed by atoms with van der Waals surface area (Å²) in [4.78, 5) is 8.49. The Kier molecular flexibility index (Phi) is 4.05. The highest BCUT2D eigenvalue weighted by molar-refractivity contribution is 7.15. The van der Waals surface area contributed by atoms with E-state index in [0.717, 1.165) is 43.8 Å². The molecule has 0 bridgehead atoms. The van der Waals surface area contributed by atoms with E-state index in [9.17, 15) is 0 Å². The molecule has 2 fully saturated rings. The number of aryl methyl sites for hydroxylation is 1. The largest absolute Gasteiger partial charge is 0.381 e. The predicted octanol–water partition coefficient (Wildman–Crippen LogP) is 2.32. The fourth-order valence-electron chi connectivity index (χ4n) is 2.48. The molecule has 106 valence electrons. The molecule has 1 aliphatic heterocycles. The number of rotatable bonds is 5. The van der Waals surface area contributed by atoms with Gasteiger partial charge in [-0.15, -0.1) is 11.3 Å². The Hall–Kier alpha value is -0.650. The molecule has 5 heteroatoms. The molecule has 0 unspecified atom stereocenters. The zero-order chi connectivity index (χ0) is 13.2. The zero-order valence-electron chi connectivity index (χ0n) is 11.8. The molecule has 0 aromatic carbocycles. The summed E-state index contributed by atoms with van der Waals surface area (Å²) in [6.07, 6.45) is 4.91. The number of nitrogens with one attached hydrogen (secondary N) is 1. The lowest BCUT2D eigenvalue weighted by atomic mass is 10.1. The second kappa shape index (κ2) is 5.77. The second-order valence-corrected chi connectivity index (χ2v) is 6.68. The zero-order valence-corrected chi connectivity index (χ0v) is 12.6. The third-order valence-corrected chi connectivity index (χ3v) is 5.30. The number of hydrogen-bond acceptors (Lipinski definition) is 5. The molecule has 0 amide bonds. The Balaban J connectivity index is 1.63. The standard InChI is InChI=1S/C14H23N3OS/c1-10-13(9-15-11-3-4-11)19-14(16-10)17(2)12-5-7-18-8-6-12/h11-12,15H,3-9H2,1-2H3. The average molecular weight is 281 g/mol. The van der Waals surface area contributed by atoms with Crippen molar-refractivity contribution in [1.82, 2.24) is 10.3 Å². The number of thiazole rings is 1. The van der Waals surface area contributed by atoms with Gasteiger partial charge >= 0.3 is 0 Å². The molecule has 0 spiro atoms. The monoisotopic (exact) mass is 281 g/mol. The summed E-state index contributed by atoms with van der Waals surface area (Å²) in [6.45, 7) is 4.88. The molecular weight excluding hydrogens is 258 g/mol. The Bertz CT molecular complexity index is 424. The molecule has 0 radical (unpaired) electrons. The van der Waals surface area contributed by atoms with Crippen LogP contribution in [0.4, 0.5) is 5.13 Å². The summed E-state index contributed by atoms with van der Waals surface area (Å²) < 4.78 is 5.43. The first kappa shape index (κ1) is 13.3. The van der Waals surface area contributed by atoms with E-state index < -0.39 is 0 Å². The van der Waals surface area contributed by atoms with Crippen LogP contribution in [0, 0.1) is 6.92 Å². The van der Waals surface area contributed by atoms with Gasteiger partial charge in [-0.2, -0.15) is 0 Å². The molecule has 2 heterocycles. The molecular formula is C14H23N3OS. The molecule has 1 aromatic rings. The summed E-state index contributed by atoms with van der Waals surface area (Å²) in [7, 11) is 2.17. The highest BCUT2D eigenvalue weighted by Gasteiger charge is 2.23. The number of ether oxygens (including phenoxy) is 1. The van der Waals surface area contributed by atoms with Gasteiger partial charge in [0.05, 0.1) is 5.69 Å². The van der Waals surface area contributed by atoms with E-state index in [2.05, 4.69) is 24.2 Å². The molecule has 0 atom stereocenters. The van der Waals surface area contributed by atoms with Crippen molar-refractivity contribution < 1.29 is 4.74 Å². The predicted molar refractivity (Wildman–Crippen MR) is 79.0 cm³/mol. The lowest BCUT2D eigenvalue weighted by Crippen LogP contribution is -2.36. The van der Waals surface area contributed by atoms with Crippen LogP contribution >= 0.6 is 11.3 Å². The highest BCUT2D eigenvalue weighted by atomic mass is 32.1. The van der Waals surface area contributed by atoms with Crippen LogP contribution in [0.15, 0.2) is 0 Å². The third-order valence-electron chi connectivity index (χ3n) is 4.05. The van der Waals surface area contributed by atoms with Gasteiger partial charge in [0, 0.05) is 43.8 Å². The Morgan fingerprint density at radius 3 is 2.74 bits per heavy atom. The molecule has 3 rings (SSSR count). The van der Waals surface area contributed by atoms with Crippen LogP contribution in [0.1, 0.15) is 36.3 Å². The minimum absolute atomic E-state index is 0.587. The lowest BCUT2D eigenvalue weighted by Gasteiger charge is -2.30. The summed E-state index contributed by atoms with van der Waals surface area (Å²) in [5.74, 6) is 0. The molecule has 1 saturated carbocycles.